The molecule has 0 aliphatic heterocycles. The molecular formula is C14H24N4O2S. The first-order valence-corrected chi connectivity index (χ1v) is 8.48. The average molecular weight is 312 g/mol. The van der Waals surface area contributed by atoms with Gasteiger partial charge in [-0.25, -0.2) is 13.1 Å². The van der Waals surface area contributed by atoms with E-state index in [1.807, 2.05) is 0 Å². The highest BCUT2D eigenvalue weighted by molar-refractivity contribution is 7.89. The monoisotopic (exact) mass is 312 g/mol. The zero-order valence-corrected chi connectivity index (χ0v) is 13.4. The molecule has 1 aromatic carbocycles. The molecule has 0 aliphatic carbocycles. The van der Waals surface area contributed by atoms with Crippen LogP contribution in [0.2, 0.25) is 0 Å². The number of benzene rings is 1. The summed E-state index contributed by atoms with van der Waals surface area (Å²) < 4.78 is 26.4. The lowest BCUT2D eigenvalue weighted by molar-refractivity contribution is 0.580. The summed E-state index contributed by atoms with van der Waals surface area (Å²) in [4.78, 5) is 4.42. The van der Waals surface area contributed by atoms with E-state index in [0.717, 1.165) is 6.42 Å². The van der Waals surface area contributed by atoms with Gasteiger partial charge in [0, 0.05) is 19.6 Å². The molecule has 0 radical (unpaired) electrons. The van der Waals surface area contributed by atoms with Crippen LogP contribution in [-0.2, 0) is 10.0 Å². The molecular weight excluding hydrogens is 288 g/mol. The Kier molecular flexibility index (Phi) is 7.18. The fourth-order valence-corrected chi connectivity index (χ4v) is 2.61. The molecule has 6 nitrogen and oxygen atoms in total. The van der Waals surface area contributed by atoms with E-state index in [0.29, 0.717) is 25.0 Å². The Morgan fingerprint density at radius 1 is 1.24 bits per heavy atom. The van der Waals surface area contributed by atoms with Crippen LogP contribution in [0.15, 0.2) is 40.2 Å². The number of guanidine groups is 1. The number of aliphatic imine (C=N–C) groups is 1. The minimum atomic E-state index is -3.46. The maximum absolute atomic E-state index is 11.9. The van der Waals surface area contributed by atoms with Gasteiger partial charge in [-0.05, 0) is 24.5 Å². The van der Waals surface area contributed by atoms with E-state index in [2.05, 4.69) is 28.9 Å². The number of nitrogens with two attached hydrogens (primary N) is 1. The van der Waals surface area contributed by atoms with E-state index in [-0.39, 0.29) is 11.4 Å². The molecule has 118 valence electrons. The lowest BCUT2D eigenvalue weighted by Crippen LogP contribution is -2.38. The molecule has 1 rings (SSSR count). The molecule has 0 aromatic heterocycles. The average Bonchev–Trinajstić information content (AvgIpc) is 2.44. The number of nitrogens with one attached hydrogen (secondary N) is 2. The molecule has 4 N–H and O–H groups in total. The molecule has 1 aromatic rings. The molecule has 0 fully saturated rings. The van der Waals surface area contributed by atoms with Gasteiger partial charge in [-0.3, -0.25) is 4.99 Å². The third-order valence-electron chi connectivity index (χ3n) is 2.77. The molecule has 7 heteroatoms. The standard InChI is InChI=1S/C14H24N4O2S/c1-12(2)8-9-16-14(15)17-10-11-18-21(19,20)13-6-4-3-5-7-13/h3-7,12,18H,8-11H2,1-2H3,(H3,15,16,17). The van der Waals surface area contributed by atoms with Gasteiger partial charge in [0.15, 0.2) is 5.96 Å². The van der Waals surface area contributed by atoms with Gasteiger partial charge in [0.25, 0.3) is 0 Å². The van der Waals surface area contributed by atoms with E-state index in [1.54, 1.807) is 30.3 Å². The van der Waals surface area contributed by atoms with Crippen LogP contribution >= 0.6 is 0 Å². The van der Waals surface area contributed by atoms with Crippen molar-refractivity contribution in [2.45, 2.75) is 25.2 Å². The minimum absolute atomic E-state index is 0.248. The summed E-state index contributed by atoms with van der Waals surface area (Å²) in [5.41, 5.74) is 5.68. The summed E-state index contributed by atoms with van der Waals surface area (Å²) in [6.07, 6.45) is 0.975. The quantitative estimate of drug-likeness (QED) is 0.378. The summed E-state index contributed by atoms with van der Waals surface area (Å²) in [6.45, 7) is 5.56. The van der Waals surface area contributed by atoms with Crippen LogP contribution < -0.4 is 15.8 Å². The first-order chi connectivity index (χ1) is 9.92. The Balaban J connectivity index is 2.31. The summed E-state index contributed by atoms with van der Waals surface area (Å²) in [7, 11) is -3.46. The molecule has 0 spiro atoms. The van der Waals surface area contributed by atoms with E-state index in [4.69, 9.17) is 5.73 Å². The van der Waals surface area contributed by atoms with Gasteiger partial charge in [-0.15, -0.1) is 0 Å². The van der Waals surface area contributed by atoms with Crippen molar-refractivity contribution < 1.29 is 8.42 Å². The first-order valence-electron chi connectivity index (χ1n) is 7.00. The smallest absolute Gasteiger partial charge is 0.240 e. The Morgan fingerprint density at radius 2 is 1.90 bits per heavy atom. The van der Waals surface area contributed by atoms with Crippen molar-refractivity contribution >= 4 is 16.0 Å². The topological polar surface area (TPSA) is 96.6 Å². The van der Waals surface area contributed by atoms with Crippen molar-refractivity contribution in [1.29, 1.82) is 0 Å². The van der Waals surface area contributed by atoms with Crippen LogP contribution in [0.25, 0.3) is 0 Å². The highest BCUT2D eigenvalue weighted by Crippen LogP contribution is 2.06. The van der Waals surface area contributed by atoms with Gasteiger partial charge in [-0.1, -0.05) is 32.0 Å². The maximum atomic E-state index is 11.9. The highest BCUT2D eigenvalue weighted by atomic mass is 32.2. The summed E-state index contributed by atoms with van der Waals surface area (Å²) in [5.74, 6) is 0.925. The molecule has 0 aliphatic rings. The Morgan fingerprint density at radius 3 is 2.52 bits per heavy atom. The van der Waals surface area contributed by atoms with Crippen LogP contribution in [-0.4, -0.2) is 34.0 Å². The Hall–Kier alpha value is -1.60. The van der Waals surface area contributed by atoms with Crippen LogP contribution in [0, 0.1) is 5.92 Å². The summed E-state index contributed by atoms with van der Waals surface area (Å²) in [6, 6.07) is 8.25. The fourth-order valence-electron chi connectivity index (χ4n) is 1.56. The van der Waals surface area contributed by atoms with Gasteiger partial charge < -0.3 is 11.1 Å². The normalized spacial score (nSPS) is 12.6. The first kappa shape index (κ1) is 17.5. The number of nitrogens with zero attached hydrogens (tertiary/aromatic N) is 1. The molecule has 0 heterocycles. The van der Waals surface area contributed by atoms with E-state index < -0.39 is 10.0 Å². The molecule has 0 saturated carbocycles. The van der Waals surface area contributed by atoms with E-state index in [1.165, 1.54) is 0 Å². The number of rotatable bonds is 8. The van der Waals surface area contributed by atoms with E-state index >= 15 is 0 Å². The molecule has 21 heavy (non-hydrogen) atoms. The molecule has 0 amide bonds. The van der Waals surface area contributed by atoms with Gasteiger partial charge in [0.05, 0.1) is 4.90 Å². The predicted molar refractivity (Wildman–Crippen MR) is 85.6 cm³/mol. The third kappa shape index (κ3) is 7.10. The van der Waals surface area contributed by atoms with Crippen LogP contribution in [0.4, 0.5) is 0 Å². The third-order valence-corrected chi connectivity index (χ3v) is 4.24. The largest absolute Gasteiger partial charge is 0.370 e. The SMILES string of the molecule is CC(C)CCN=C(N)NCCNS(=O)(=O)c1ccccc1. The zero-order chi connectivity index (χ0) is 15.7. The minimum Gasteiger partial charge on any atom is -0.370 e. The molecule has 0 atom stereocenters. The Bertz CT molecular complexity index is 541. The predicted octanol–water partition coefficient (Wildman–Crippen LogP) is 0.915. The summed E-state index contributed by atoms with van der Waals surface area (Å²) in [5, 5.41) is 2.88. The van der Waals surface area contributed by atoms with Crippen LogP contribution in [0.5, 0.6) is 0 Å². The van der Waals surface area contributed by atoms with E-state index in [9.17, 15) is 8.42 Å². The zero-order valence-electron chi connectivity index (χ0n) is 12.5. The van der Waals surface area contributed by atoms with Crippen molar-refractivity contribution in [2.24, 2.45) is 16.6 Å². The maximum Gasteiger partial charge on any atom is 0.240 e. The number of hydrogen-bond acceptors (Lipinski definition) is 3. The van der Waals surface area contributed by atoms with Gasteiger partial charge in [-0.2, -0.15) is 0 Å². The molecule has 0 bridgehead atoms. The van der Waals surface area contributed by atoms with Crippen LogP contribution in [0.3, 0.4) is 0 Å². The fraction of sp³-hybridized carbons (Fsp3) is 0.500. The second-order valence-corrected chi connectivity index (χ2v) is 6.85. The summed E-state index contributed by atoms with van der Waals surface area (Å²) >= 11 is 0. The van der Waals surface area contributed by atoms with Crippen LogP contribution in [0.1, 0.15) is 20.3 Å². The van der Waals surface area contributed by atoms with Gasteiger partial charge >= 0.3 is 0 Å². The second-order valence-electron chi connectivity index (χ2n) is 5.09. The lowest BCUT2D eigenvalue weighted by atomic mass is 10.1. The molecule has 0 saturated heterocycles. The van der Waals surface area contributed by atoms with Crippen molar-refractivity contribution in [3.8, 4) is 0 Å². The lowest BCUT2D eigenvalue weighted by Gasteiger charge is -2.08. The number of hydrogen-bond donors (Lipinski definition) is 3. The number of sulfonamides is 1. The highest BCUT2D eigenvalue weighted by Gasteiger charge is 2.11. The Labute approximate surface area is 126 Å². The van der Waals surface area contributed by atoms with Crippen molar-refractivity contribution in [1.82, 2.24) is 10.0 Å². The van der Waals surface area contributed by atoms with Crippen molar-refractivity contribution in [3.63, 3.8) is 0 Å². The second kappa shape index (κ2) is 8.63. The molecule has 0 unspecified atom stereocenters. The van der Waals surface area contributed by atoms with Gasteiger partial charge in [0.1, 0.15) is 0 Å². The van der Waals surface area contributed by atoms with Crippen molar-refractivity contribution in [2.75, 3.05) is 19.6 Å². The van der Waals surface area contributed by atoms with Crippen molar-refractivity contribution in [3.05, 3.63) is 30.3 Å². The van der Waals surface area contributed by atoms with Gasteiger partial charge in [0.2, 0.25) is 10.0 Å².